The molecule has 0 saturated heterocycles. The number of hydrogen-bond acceptors (Lipinski definition) is 4. The smallest absolute Gasteiger partial charge is 0.198 e. The molecule has 88 valence electrons. The van der Waals surface area contributed by atoms with E-state index in [1.165, 1.54) is 11.3 Å². The Kier molecular flexibility index (Phi) is 2.81. The van der Waals surface area contributed by atoms with Crippen LogP contribution in [0, 0.1) is 11.3 Å². The van der Waals surface area contributed by atoms with E-state index in [9.17, 15) is 8.42 Å². The first kappa shape index (κ1) is 11.9. The maximum absolute atomic E-state index is 11.8. The highest BCUT2D eigenvalue weighted by molar-refractivity contribution is 7.91. The first-order valence-electron chi connectivity index (χ1n) is 4.81. The highest BCUT2D eigenvalue weighted by Gasteiger charge is 2.23. The van der Waals surface area contributed by atoms with Crippen molar-refractivity contribution >= 4 is 27.1 Å². The molecular formula is C10H8ClN3O2S. The second-order valence-electron chi connectivity index (χ2n) is 3.32. The molecule has 17 heavy (non-hydrogen) atoms. The average Bonchev–Trinajstić information content (AvgIpc) is 2.69. The predicted molar refractivity (Wildman–Crippen MR) is 62.6 cm³/mol. The van der Waals surface area contributed by atoms with Crippen LogP contribution < -0.4 is 0 Å². The number of sulfone groups is 1. The average molecular weight is 270 g/mol. The number of nitriles is 1. The van der Waals surface area contributed by atoms with Crippen molar-refractivity contribution in [2.75, 3.05) is 5.75 Å². The van der Waals surface area contributed by atoms with E-state index in [4.69, 9.17) is 16.9 Å². The number of aromatic nitrogens is 2. The van der Waals surface area contributed by atoms with Crippen molar-refractivity contribution in [1.82, 2.24) is 9.38 Å². The van der Waals surface area contributed by atoms with Crippen molar-refractivity contribution in [3.63, 3.8) is 0 Å². The van der Waals surface area contributed by atoms with Crippen molar-refractivity contribution in [2.24, 2.45) is 0 Å². The van der Waals surface area contributed by atoms with E-state index in [-0.39, 0.29) is 21.6 Å². The Labute approximate surface area is 103 Å². The Bertz CT molecular complexity index is 728. The zero-order valence-electron chi connectivity index (χ0n) is 8.88. The number of fused-ring (bicyclic) bond motifs is 1. The molecule has 2 rings (SSSR count). The lowest BCUT2D eigenvalue weighted by Gasteiger charge is -1.98. The highest BCUT2D eigenvalue weighted by Crippen LogP contribution is 2.22. The van der Waals surface area contributed by atoms with Crippen LogP contribution in [-0.2, 0) is 9.84 Å². The molecular weight excluding hydrogens is 262 g/mol. The van der Waals surface area contributed by atoms with Crippen molar-refractivity contribution in [2.45, 2.75) is 11.9 Å². The summed E-state index contributed by atoms with van der Waals surface area (Å²) in [5.74, 6) is -0.108. The molecule has 0 aliphatic rings. The zero-order valence-corrected chi connectivity index (χ0v) is 10.5. The van der Waals surface area contributed by atoms with E-state index >= 15 is 0 Å². The summed E-state index contributed by atoms with van der Waals surface area (Å²) in [6, 6.07) is 6.65. The molecule has 2 aromatic rings. The number of hydrogen-bond donors (Lipinski definition) is 0. The van der Waals surface area contributed by atoms with Gasteiger partial charge in [0, 0.05) is 0 Å². The van der Waals surface area contributed by atoms with Gasteiger partial charge in [0.05, 0.1) is 5.75 Å². The standard InChI is InChI=1S/C10H8ClN3O2S/c1-2-17(15,16)10-7(6-12)14-8(11)4-3-5-9(14)13-10/h3-5H,2H2,1H3. The lowest BCUT2D eigenvalue weighted by molar-refractivity contribution is 0.594. The second-order valence-corrected chi connectivity index (χ2v) is 5.90. The van der Waals surface area contributed by atoms with Crippen LogP contribution >= 0.6 is 11.6 Å². The van der Waals surface area contributed by atoms with Gasteiger partial charge in [-0.05, 0) is 12.1 Å². The summed E-state index contributed by atoms with van der Waals surface area (Å²) in [7, 11) is -3.53. The second kappa shape index (κ2) is 4.02. The minimum absolute atomic E-state index is 0.0487. The first-order valence-corrected chi connectivity index (χ1v) is 6.84. The third kappa shape index (κ3) is 1.77. The van der Waals surface area contributed by atoms with Gasteiger partial charge in [0.15, 0.2) is 20.6 Å². The molecule has 5 nitrogen and oxygen atoms in total. The lowest BCUT2D eigenvalue weighted by atomic mass is 10.4. The van der Waals surface area contributed by atoms with Crippen molar-refractivity contribution in [1.29, 1.82) is 5.26 Å². The van der Waals surface area contributed by atoms with E-state index in [2.05, 4.69) is 4.98 Å². The Hall–Kier alpha value is -1.58. The molecule has 0 saturated carbocycles. The quantitative estimate of drug-likeness (QED) is 0.777. The van der Waals surface area contributed by atoms with Gasteiger partial charge in [-0.2, -0.15) is 5.26 Å². The largest absolute Gasteiger partial charge is 0.273 e. The van der Waals surface area contributed by atoms with E-state index in [1.807, 2.05) is 6.07 Å². The topological polar surface area (TPSA) is 75.2 Å². The van der Waals surface area contributed by atoms with Crippen LogP contribution in [0.4, 0.5) is 0 Å². The molecule has 0 aliphatic carbocycles. The maximum atomic E-state index is 11.8. The molecule has 0 spiro atoms. The van der Waals surface area contributed by atoms with Crippen LogP contribution in [0.3, 0.4) is 0 Å². The summed E-state index contributed by atoms with van der Waals surface area (Å²) in [5.41, 5.74) is 0.300. The van der Waals surface area contributed by atoms with E-state index in [0.717, 1.165) is 0 Å². The normalized spacial score (nSPS) is 11.6. The Morgan fingerprint density at radius 3 is 2.82 bits per heavy atom. The predicted octanol–water partition coefficient (Wildman–Crippen LogP) is 1.65. The van der Waals surface area contributed by atoms with Gasteiger partial charge in [-0.25, -0.2) is 13.4 Å². The number of imidazole rings is 1. The molecule has 2 heterocycles. The third-order valence-corrected chi connectivity index (χ3v) is 4.27. The molecule has 0 aromatic carbocycles. The van der Waals surface area contributed by atoms with Crippen LogP contribution in [0.5, 0.6) is 0 Å². The molecule has 0 aliphatic heterocycles. The summed E-state index contributed by atoms with van der Waals surface area (Å²) in [6.07, 6.45) is 0. The van der Waals surface area contributed by atoms with E-state index in [1.54, 1.807) is 18.2 Å². The van der Waals surface area contributed by atoms with Crippen LogP contribution in [0.2, 0.25) is 5.15 Å². The Morgan fingerprint density at radius 2 is 2.24 bits per heavy atom. The van der Waals surface area contributed by atoms with E-state index in [0.29, 0.717) is 5.65 Å². The minimum atomic E-state index is -3.53. The Balaban J connectivity index is 2.94. The number of rotatable bonds is 2. The molecule has 7 heteroatoms. The maximum Gasteiger partial charge on any atom is 0.198 e. The van der Waals surface area contributed by atoms with Crippen LogP contribution in [-0.4, -0.2) is 23.6 Å². The monoisotopic (exact) mass is 269 g/mol. The SMILES string of the molecule is CCS(=O)(=O)c1nc2cccc(Cl)n2c1C#N. The van der Waals surface area contributed by atoms with Crippen molar-refractivity contribution in [3.05, 3.63) is 29.0 Å². The van der Waals surface area contributed by atoms with Gasteiger partial charge in [-0.3, -0.25) is 4.40 Å². The Morgan fingerprint density at radius 1 is 1.53 bits per heavy atom. The third-order valence-electron chi connectivity index (χ3n) is 2.34. The summed E-state index contributed by atoms with van der Waals surface area (Å²) in [4.78, 5) is 3.95. The lowest BCUT2D eigenvalue weighted by Crippen LogP contribution is -2.06. The summed E-state index contributed by atoms with van der Waals surface area (Å²) in [5, 5.41) is 9.10. The van der Waals surface area contributed by atoms with Crippen LogP contribution in [0.25, 0.3) is 5.65 Å². The molecule has 0 bridgehead atoms. The van der Waals surface area contributed by atoms with E-state index < -0.39 is 9.84 Å². The van der Waals surface area contributed by atoms with Gasteiger partial charge < -0.3 is 0 Å². The molecule has 0 radical (unpaired) electrons. The van der Waals surface area contributed by atoms with Gasteiger partial charge in [0.1, 0.15) is 16.9 Å². The van der Waals surface area contributed by atoms with Gasteiger partial charge in [0.2, 0.25) is 0 Å². The van der Waals surface area contributed by atoms with Gasteiger partial charge in [0.25, 0.3) is 0 Å². The number of halogens is 1. The fourth-order valence-corrected chi connectivity index (χ4v) is 2.67. The summed E-state index contributed by atoms with van der Waals surface area (Å²) < 4.78 is 24.9. The van der Waals surface area contributed by atoms with Gasteiger partial charge in [-0.1, -0.05) is 24.6 Å². The van der Waals surface area contributed by atoms with Crippen molar-refractivity contribution in [3.8, 4) is 6.07 Å². The van der Waals surface area contributed by atoms with Crippen LogP contribution in [0.1, 0.15) is 12.6 Å². The minimum Gasteiger partial charge on any atom is -0.273 e. The van der Waals surface area contributed by atoms with Gasteiger partial charge >= 0.3 is 0 Å². The number of pyridine rings is 1. The molecule has 0 N–H and O–H groups in total. The molecule has 0 atom stereocenters. The summed E-state index contributed by atoms with van der Waals surface area (Å²) >= 11 is 5.92. The summed E-state index contributed by atoms with van der Waals surface area (Å²) in [6.45, 7) is 1.50. The van der Waals surface area contributed by atoms with Crippen molar-refractivity contribution < 1.29 is 8.42 Å². The van der Waals surface area contributed by atoms with Crippen LogP contribution in [0.15, 0.2) is 23.2 Å². The number of nitrogens with zero attached hydrogens (tertiary/aromatic N) is 3. The fraction of sp³-hybridized carbons (Fsp3) is 0.200. The van der Waals surface area contributed by atoms with Gasteiger partial charge in [-0.15, -0.1) is 0 Å². The molecule has 0 amide bonds. The fourth-order valence-electron chi connectivity index (χ4n) is 1.48. The highest BCUT2D eigenvalue weighted by atomic mass is 35.5. The first-order chi connectivity index (χ1) is 8.01. The molecule has 0 fully saturated rings. The molecule has 2 aromatic heterocycles. The zero-order chi connectivity index (χ0) is 12.6. The molecule has 0 unspecified atom stereocenters.